The van der Waals surface area contributed by atoms with Crippen LogP contribution in [0, 0.1) is 0 Å². The molecule has 2 aromatic carbocycles. The Morgan fingerprint density at radius 2 is 1.76 bits per heavy atom. The zero-order valence-corrected chi connectivity index (χ0v) is 24.2. The van der Waals surface area contributed by atoms with E-state index >= 15 is 0 Å². The fraction of sp³-hybridized carbons (Fsp3) is 0.296. The fourth-order valence-electron chi connectivity index (χ4n) is 4.27. The number of rotatable bonds is 8. The third-order valence-electron chi connectivity index (χ3n) is 6.04. The first-order valence-corrected chi connectivity index (χ1v) is 13.2. The molecule has 0 spiro atoms. The summed E-state index contributed by atoms with van der Waals surface area (Å²) in [6.45, 7) is 3.64. The van der Waals surface area contributed by atoms with Gasteiger partial charge in [0.15, 0.2) is 4.80 Å². The van der Waals surface area contributed by atoms with Crippen molar-refractivity contribution < 1.29 is 28.5 Å². The van der Waals surface area contributed by atoms with Gasteiger partial charge in [-0.1, -0.05) is 11.3 Å². The molecule has 11 heteroatoms. The van der Waals surface area contributed by atoms with E-state index in [-0.39, 0.29) is 17.7 Å². The third kappa shape index (κ3) is 4.95. The average Bonchev–Trinajstić information content (AvgIpc) is 3.21. The summed E-state index contributed by atoms with van der Waals surface area (Å²) in [6.07, 6.45) is 1.73. The Bertz CT molecular complexity index is 1610. The normalized spacial score (nSPS) is 15.0. The molecular weight excluding hydrogens is 576 g/mol. The maximum atomic E-state index is 13.9. The molecule has 38 heavy (non-hydrogen) atoms. The van der Waals surface area contributed by atoms with Gasteiger partial charge in [0, 0.05) is 23.3 Å². The minimum Gasteiger partial charge on any atom is -0.497 e. The summed E-state index contributed by atoms with van der Waals surface area (Å²) in [5.74, 6) is 1.62. The lowest BCUT2D eigenvalue weighted by molar-refractivity contribution is -0.139. The number of fused-ring (bicyclic) bond motifs is 1. The van der Waals surface area contributed by atoms with Crippen molar-refractivity contribution in [2.45, 2.75) is 19.9 Å². The Balaban J connectivity index is 2.00. The Morgan fingerprint density at radius 1 is 1.05 bits per heavy atom. The summed E-state index contributed by atoms with van der Waals surface area (Å²) >= 11 is 4.71. The number of carbonyl (C=O) groups excluding carboxylic acids is 1. The van der Waals surface area contributed by atoms with Crippen LogP contribution in [0.2, 0.25) is 0 Å². The minimum atomic E-state index is -0.821. The maximum Gasteiger partial charge on any atom is 0.338 e. The Morgan fingerprint density at radius 3 is 2.39 bits per heavy atom. The summed E-state index contributed by atoms with van der Waals surface area (Å²) in [5, 5.41) is 0. The number of benzene rings is 2. The number of methoxy groups -OCH3 is 4. The largest absolute Gasteiger partial charge is 0.497 e. The van der Waals surface area contributed by atoms with Gasteiger partial charge < -0.3 is 23.7 Å². The summed E-state index contributed by atoms with van der Waals surface area (Å²) in [7, 11) is 6.19. The molecule has 0 radical (unpaired) electrons. The molecule has 2 heterocycles. The van der Waals surface area contributed by atoms with Crippen LogP contribution < -0.4 is 33.8 Å². The molecule has 1 aliphatic rings. The van der Waals surface area contributed by atoms with E-state index in [1.54, 1.807) is 65.5 Å². The van der Waals surface area contributed by atoms with Crippen molar-refractivity contribution in [1.82, 2.24) is 4.57 Å². The number of aromatic nitrogens is 1. The molecule has 9 nitrogen and oxygen atoms in total. The number of ether oxygens (including phenoxy) is 5. The number of carbonyl (C=O) groups is 1. The Hall–Kier alpha value is -3.57. The zero-order chi connectivity index (χ0) is 27.6. The monoisotopic (exact) mass is 602 g/mol. The number of hydrogen-bond donors (Lipinski definition) is 0. The Labute approximate surface area is 231 Å². The Kier molecular flexibility index (Phi) is 8.27. The van der Waals surface area contributed by atoms with Gasteiger partial charge in [0.25, 0.3) is 5.56 Å². The van der Waals surface area contributed by atoms with Gasteiger partial charge in [0.2, 0.25) is 0 Å². The summed E-state index contributed by atoms with van der Waals surface area (Å²) in [5.41, 5.74) is 1.68. The number of esters is 1. The molecular formula is C27H27BrN2O7S. The van der Waals surface area contributed by atoms with Gasteiger partial charge >= 0.3 is 5.97 Å². The first-order chi connectivity index (χ1) is 18.3. The lowest BCUT2D eigenvalue weighted by Gasteiger charge is -2.26. The van der Waals surface area contributed by atoms with Crippen molar-refractivity contribution in [3.8, 4) is 23.0 Å². The van der Waals surface area contributed by atoms with Crippen LogP contribution in [-0.2, 0) is 9.53 Å². The first kappa shape index (κ1) is 27.5. The van der Waals surface area contributed by atoms with Crippen molar-refractivity contribution in [1.29, 1.82) is 0 Å². The van der Waals surface area contributed by atoms with Crippen LogP contribution in [0.15, 0.2) is 55.9 Å². The SMILES string of the molecule is CCOC(=O)C1=C(C)N=c2s/c(=C\c3cc(Br)c(OC)cc3OC)c(=O)n2C1c1ccc(OC)cc1OC. The van der Waals surface area contributed by atoms with E-state index in [0.717, 1.165) is 0 Å². The van der Waals surface area contributed by atoms with E-state index in [4.69, 9.17) is 23.7 Å². The predicted octanol–water partition coefficient (Wildman–Crippen LogP) is 3.60. The lowest BCUT2D eigenvalue weighted by atomic mass is 9.95. The molecule has 1 aromatic heterocycles. The van der Waals surface area contributed by atoms with Gasteiger partial charge in [0.05, 0.1) is 55.3 Å². The maximum absolute atomic E-state index is 13.9. The highest BCUT2D eigenvalue weighted by molar-refractivity contribution is 9.10. The van der Waals surface area contributed by atoms with Gasteiger partial charge in [0.1, 0.15) is 29.0 Å². The molecule has 1 aliphatic heterocycles. The highest BCUT2D eigenvalue weighted by Gasteiger charge is 2.35. The van der Waals surface area contributed by atoms with E-state index < -0.39 is 12.0 Å². The van der Waals surface area contributed by atoms with Crippen LogP contribution in [0.4, 0.5) is 0 Å². The van der Waals surface area contributed by atoms with E-state index in [1.807, 2.05) is 6.07 Å². The minimum absolute atomic E-state index is 0.179. The van der Waals surface area contributed by atoms with Crippen molar-refractivity contribution in [3.63, 3.8) is 0 Å². The second-order valence-electron chi connectivity index (χ2n) is 8.14. The molecule has 0 amide bonds. The lowest BCUT2D eigenvalue weighted by Crippen LogP contribution is -2.40. The number of nitrogens with zero attached hydrogens (tertiary/aromatic N) is 2. The van der Waals surface area contributed by atoms with Crippen LogP contribution in [0.3, 0.4) is 0 Å². The van der Waals surface area contributed by atoms with Crippen LogP contribution in [0.1, 0.15) is 31.0 Å². The number of allylic oxidation sites excluding steroid dienone is 1. The summed E-state index contributed by atoms with van der Waals surface area (Å²) in [6, 6.07) is 7.98. The average molecular weight is 603 g/mol. The predicted molar refractivity (Wildman–Crippen MR) is 147 cm³/mol. The molecule has 0 saturated carbocycles. The number of hydrogen-bond acceptors (Lipinski definition) is 9. The molecule has 0 N–H and O–H groups in total. The molecule has 4 rings (SSSR count). The van der Waals surface area contributed by atoms with Gasteiger partial charge in [-0.2, -0.15) is 0 Å². The van der Waals surface area contributed by atoms with Crippen molar-refractivity contribution in [2.24, 2.45) is 4.99 Å². The highest BCUT2D eigenvalue weighted by Crippen LogP contribution is 2.38. The summed E-state index contributed by atoms with van der Waals surface area (Å²) in [4.78, 5) is 32.2. The molecule has 1 unspecified atom stereocenters. The summed E-state index contributed by atoms with van der Waals surface area (Å²) < 4.78 is 29.9. The number of halogens is 1. The van der Waals surface area contributed by atoms with Gasteiger partial charge in [-0.05, 0) is 54.1 Å². The van der Waals surface area contributed by atoms with Crippen molar-refractivity contribution >= 4 is 39.3 Å². The number of thiazole rings is 1. The molecule has 0 fully saturated rings. The van der Waals surface area contributed by atoms with Gasteiger partial charge in [-0.3, -0.25) is 9.36 Å². The molecule has 3 aromatic rings. The molecule has 0 aliphatic carbocycles. The van der Waals surface area contributed by atoms with Crippen LogP contribution >= 0.6 is 27.3 Å². The van der Waals surface area contributed by atoms with Crippen LogP contribution in [-0.4, -0.2) is 45.6 Å². The molecule has 0 saturated heterocycles. The quantitative estimate of drug-likeness (QED) is 0.363. The second-order valence-corrected chi connectivity index (χ2v) is 10.0. The van der Waals surface area contributed by atoms with E-state index in [1.165, 1.54) is 23.0 Å². The molecule has 0 bridgehead atoms. The topological polar surface area (TPSA) is 97.6 Å². The third-order valence-corrected chi connectivity index (χ3v) is 7.65. The van der Waals surface area contributed by atoms with Gasteiger partial charge in [-0.15, -0.1) is 0 Å². The molecule has 1 atom stereocenters. The van der Waals surface area contributed by atoms with E-state index in [2.05, 4.69) is 20.9 Å². The van der Waals surface area contributed by atoms with E-state index in [9.17, 15) is 9.59 Å². The second kappa shape index (κ2) is 11.4. The van der Waals surface area contributed by atoms with E-state index in [0.29, 0.717) is 53.6 Å². The highest BCUT2D eigenvalue weighted by atomic mass is 79.9. The zero-order valence-electron chi connectivity index (χ0n) is 21.8. The van der Waals surface area contributed by atoms with Crippen molar-refractivity contribution in [3.05, 3.63) is 76.9 Å². The fourth-order valence-corrected chi connectivity index (χ4v) is 5.83. The van der Waals surface area contributed by atoms with Gasteiger partial charge in [-0.25, -0.2) is 9.79 Å². The standard InChI is InChI=1S/C27H27BrN2O7S/c1-7-37-26(32)23-14(2)29-27-30(24(23)17-9-8-16(33-3)12-20(17)35-5)25(31)22(38-27)11-15-10-18(28)21(36-6)13-19(15)34-4/h8-13,24H,7H2,1-6H3/b22-11-. The van der Waals surface area contributed by atoms with Crippen LogP contribution in [0.25, 0.3) is 6.08 Å². The smallest absolute Gasteiger partial charge is 0.338 e. The first-order valence-electron chi connectivity index (χ1n) is 11.6. The molecule has 200 valence electrons. The van der Waals surface area contributed by atoms with Crippen molar-refractivity contribution in [2.75, 3.05) is 35.0 Å². The van der Waals surface area contributed by atoms with Crippen LogP contribution in [0.5, 0.6) is 23.0 Å².